The molecule has 3 N–H and O–H groups in total. The Morgan fingerprint density at radius 3 is 2.76 bits per heavy atom. The molecule has 0 fully saturated rings. The van der Waals surface area contributed by atoms with Crippen molar-refractivity contribution in [3.05, 3.63) is 23.8 Å². The SMILES string of the molecule is CCC(C)NC(=O)c1ccc2c(c1)NCCN2. The van der Waals surface area contributed by atoms with Gasteiger partial charge in [0.15, 0.2) is 0 Å². The van der Waals surface area contributed by atoms with Gasteiger partial charge in [0, 0.05) is 24.7 Å². The van der Waals surface area contributed by atoms with Crippen LogP contribution in [0.15, 0.2) is 18.2 Å². The fraction of sp³-hybridized carbons (Fsp3) is 0.462. The molecule has 1 aliphatic rings. The molecule has 1 amide bonds. The zero-order chi connectivity index (χ0) is 12.3. The standard InChI is InChI=1S/C13H19N3O/c1-3-9(2)16-13(17)10-4-5-11-12(8-10)15-7-6-14-11/h4-5,8-9,14-15H,3,6-7H2,1-2H3,(H,16,17). The average molecular weight is 233 g/mol. The lowest BCUT2D eigenvalue weighted by Gasteiger charge is -2.20. The molecular formula is C13H19N3O. The van der Waals surface area contributed by atoms with Crippen molar-refractivity contribution >= 4 is 17.3 Å². The van der Waals surface area contributed by atoms with E-state index < -0.39 is 0 Å². The van der Waals surface area contributed by atoms with Crippen LogP contribution >= 0.6 is 0 Å². The van der Waals surface area contributed by atoms with Crippen molar-refractivity contribution in [2.24, 2.45) is 0 Å². The summed E-state index contributed by atoms with van der Waals surface area (Å²) in [6.45, 7) is 5.88. The van der Waals surface area contributed by atoms with Crippen LogP contribution in [0.2, 0.25) is 0 Å². The first-order valence-electron chi connectivity index (χ1n) is 6.13. The first kappa shape index (κ1) is 11.8. The van der Waals surface area contributed by atoms with Crippen molar-refractivity contribution in [3.63, 3.8) is 0 Å². The minimum atomic E-state index is -0.00507. The molecule has 92 valence electrons. The van der Waals surface area contributed by atoms with Gasteiger partial charge in [-0.05, 0) is 31.5 Å². The summed E-state index contributed by atoms with van der Waals surface area (Å²) in [5.41, 5.74) is 2.78. The summed E-state index contributed by atoms with van der Waals surface area (Å²) in [6.07, 6.45) is 0.941. The minimum Gasteiger partial charge on any atom is -0.382 e. The van der Waals surface area contributed by atoms with E-state index in [1.165, 1.54) is 0 Å². The maximum absolute atomic E-state index is 11.9. The number of carbonyl (C=O) groups is 1. The molecule has 2 rings (SSSR count). The van der Waals surface area contributed by atoms with Gasteiger partial charge in [0.25, 0.3) is 5.91 Å². The lowest BCUT2D eigenvalue weighted by atomic mass is 10.1. The fourth-order valence-electron chi connectivity index (χ4n) is 1.79. The highest BCUT2D eigenvalue weighted by molar-refractivity contribution is 5.96. The summed E-state index contributed by atoms with van der Waals surface area (Å²) in [6, 6.07) is 5.92. The zero-order valence-corrected chi connectivity index (χ0v) is 10.3. The van der Waals surface area contributed by atoms with Crippen LogP contribution in [0.1, 0.15) is 30.6 Å². The predicted octanol–water partition coefficient (Wildman–Crippen LogP) is 2.05. The second-order valence-corrected chi connectivity index (χ2v) is 4.40. The van der Waals surface area contributed by atoms with Crippen molar-refractivity contribution in [2.45, 2.75) is 26.3 Å². The molecular weight excluding hydrogens is 214 g/mol. The second kappa shape index (κ2) is 5.08. The maximum atomic E-state index is 11.9. The Hall–Kier alpha value is -1.71. The van der Waals surface area contributed by atoms with E-state index in [9.17, 15) is 4.79 Å². The van der Waals surface area contributed by atoms with Gasteiger partial charge in [0.2, 0.25) is 0 Å². The molecule has 0 aromatic heterocycles. The van der Waals surface area contributed by atoms with E-state index >= 15 is 0 Å². The molecule has 0 radical (unpaired) electrons. The Kier molecular flexibility index (Phi) is 3.52. The first-order chi connectivity index (χ1) is 8.20. The second-order valence-electron chi connectivity index (χ2n) is 4.40. The van der Waals surface area contributed by atoms with Crippen molar-refractivity contribution in [1.29, 1.82) is 0 Å². The Morgan fingerprint density at radius 1 is 1.35 bits per heavy atom. The van der Waals surface area contributed by atoms with Gasteiger partial charge in [-0.15, -0.1) is 0 Å². The molecule has 0 bridgehead atoms. The van der Waals surface area contributed by atoms with Gasteiger partial charge in [0.05, 0.1) is 11.4 Å². The van der Waals surface area contributed by atoms with Crippen molar-refractivity contribution in [3.8, 4) is 0 Å². The third-order valence-electron chi connectivity index (χ3n) is 3.03. The molecule has 1 aliphatic heterocycles. The number of nitrogens with one attached hydrogen (secondary N) is 3. The molecule has 4 heteroatoms. The van der Waals surface area contributed by atoms with Gasteiger partial charge in [-0.25, -0.2) is 0 Å². The predicted molar refractivity (Wildman–Crippen MR) is 70.6 cm³/mol. The quantitative estimate of drug-likeness (QED) is 0.749. The highest BCUT2D eigenvalue weighted by Gasteiger charge is 2.13. The van der Waals surface area contributed by atoms with Gasteiger partial charge < -0.3 is 16.0 Å². The summed E-state index contributed by atoms with van der Waals surface area (Å²) in [5.74, 6) is -0.00507. The lowest BCUT2D eigenvalue weighted by Crippen LogP contribution is -2.32. The molecule has 1 aromatic carbocycles. The van der Waals surface area contributed by atoms with E-state index in [0.29, 0.717) is 5.56 Å². The van der Waals surface area contributed by atoms with Gasteiger partial charge in [-0.2, -0.15) is 0 Å². The normalized spacial score (nSPS) is 15.2. The molecule has 4 nitrogen and oxygen atoms in total. The van der Waals surface area contributed by atoms with E-state index in [2.05, 4.69) is 22.9 Å². The van der Waals surface area contributed by atoms with Crippen LogP contribution in [0.5, 0.6) is 0 Å². The third kappa shape index (κ3) is 2.70. The number of amides is 1. The van der Waals surface area contributed by atoms with E-state index in [1.807, 2.05) is 25.1 Å². The number of hydrogen-bond donors (Lipinski definition) is 3. The van der Waals surface area contributed by atoms with Gasteiger partial charge in [0.1, 0.15) is 0 Å². The van der Waals surface area contributed by atoms with Crippen LogP contribution < -0.4 is 16.0 Å². The summed E-state index contributed by atoms with van der Waals surface area (Å²) < 4.78 is 0. The summed E-state index contributed by atoms with van der Waals surface area (Å²) in [4.78, 5) is 11.9. The fourth-order valence-corrected chi connectivity index (χ4v) is 1.79. The number of hydrogen-bond acceptors (Lipinski definition) is 3. The summed E-state index contributed by atoms with van der Waals surface area (Å²) in [7, 11) is 0. The highest BCUT2D eigenvalue weighted by atomic mass is 16.1. The lowest BCUT2D eigenvalue weighted by molar-refractivity contribution is 0.0939. The van der Waals surface area contributed by atoms with E-state index in [1.54, 1.807) is 0 Å². The topological polar surface area (TPSA) is 53.2 Å². The van der Waals surface area contributed by atoms with Crippen molar-refractivity contribution in [2.75, 3.05) is 23.7 Å². The molecule has 0 saturated carbocycles. The Morgan fingerprint density at radius 2 is 2.06 bits per heavy atom. The van der Waals surface area contributed by atoms with Gasteiger partial charge in [-0.1, -0.05) is 6.92 Å². The molecule has 1 aromatic rings. The molecule has 1 unspecified atom stereocenters. The number of rotatable bonds is 3. The van der Waals surface area contributed by atoms with Gasteiger partial charge in [-0.3, -0.25) is 4.79 Å². The minimum absolute atomic E-state index is 0.00507. The third-order valence-corrected chi connectivity index (χ3v) is 3.03. The summed E-state index contributed by atoms with van der Waals surface area (Å²) in [5, 5.41) is 9.53. The van der Waals surface area contributed by atoms with E-state index in [4.69, 9.17) is 0 Å². The van der Waals surface area contributed by atoms with Crippen molar-refractivity contribution in [1.82, 2.24) is 5.32 Å². The smallest absolute Gasteiger partial charge is 0.251 e. The molecule has 1 atom stereocenters. The van der Waals surface area contributed by atoms with Gasteiger partial charge >= 0.3 is 0 Å². The van der Waals surface area contributed by atoms with Crippen LogP contribution in [0, 0.1) is 0 Å². The number of fused-ring (bicyclic) bond motifs is 1. The van der Waals surface area contributed by atoms with Crippen LogP contribution in [-0.2, 0) is 0 Å². The van der Waals surface area contributed by atoms with Crippen LogP contribution in [0.4, 0.5) is 11.4 Å². The Balaban J connectivity index is 2.13. The molecule has 17 heavy (non-hydrogen) atoms. The number of carbonyl (C=O) groups excluding carboxylic acids is 1. The van der Waals surface area contributed by atoms with Crippen LogP contribution in [-0.4, -0.2) is 25.0 Å². The highest BCUT2D eigenvalue weighted by Crippen LogP contribution is 2.25. The number of benzene rings is 1. The van der Waals surface area contributed by atoms with E-state index in [0.717, 1.165) is 30.9 Å². The zero-order valence-electron chi connectivity index (χ0n) is 10.3. The summed E-state index contributed by atoms with van der Waals surface area (Å²) >= 11 is 0. The number of anilines is 2. The maximum Gasteiger partial charge on any atom is 0.251 e. The first-order valence-corrected chi connectivity index (χ1v) is 6.13. The Bertz CT molecular complexity index is 417. The van der Waals surface area contributed by atoms with Crippen LogP contribution in [0.3, 0.4) is 0 Å². The molecule has 0 spiro atoms. The monoisotopic (exact) mass is 233 g/mol. The average Bonchev–Trinajstić information content (AvgIpc) is 2.38. The Labute approximate surface area is 102 Å². The molecule has 0 aliphatic carbocycles. The molecule has 1 heterocycles. The van der Waals surface area contributed by atoms with Crippen molar-refractivity contribution < 1.29 is 4.79 Å². The van der Waals surface area contributed by atoms with Crippen LogP contribution in [0.25, 0.3) is 0 Å². The largest absolute Gasteiger partial charge is 0.382 e. The van der Waals surface area contributed by atoms with E-state index in [-0.39, 0.29) is 11.9 Å². The molecule has 0 saturated heterocycles.